The monoisotopic (exact) mass is 456 g/mol. The van der Waals surface area contributed by atoms with Crippen molar-refractivity contribution in [2.45, 2.75) is 64.8 Å². The number of methoxy groups -OCH3 is 2. The second kappa shape index (κ2) is 14.5. The van der Waals surface area contributed by atoms with Crippen LogP contribution in [-0.2, 0) is 11.2 Å². The number of hydrogen-bond acceptors (Lipinski definition) is 5. The summed E-state index contributed by atoms with van der Waals surface area (Å²) in [5, 5.41) is 6.20. The van der Waals surface area contributed by atoms with Gasteiger partial charge in [0.25, 0.3) is 0 Å². The minimum Gasteiger partial charge on any atom is -0.493 e. The van der Waals surface area contributed by atoms with Gasteiger partial charge in [-0.1, -0.05) is 38.0 Å². The van der Waals surface area contributed by atoms with E-state index < -0.39 is 0 Å². The van der Waals surface area contributed by atoms with Gasteiger partial charge in [0.1, 0.15) is 0 Å². The zero-order valence-corrected chi connectivity index (χ0v) is 20.5. The van der Waals surface area contributed by atoms with Crippen molar-refractivity contribution < 1.29 is 14.3 Å². The summed E-state index contributed by atoms with van der Waals surface area (Å²) >= 11 is 1.68. The van der Waals surface area contributed by atoms with Gasteiger partial charge in [-0.05, 0) is 62.3 Å². The van der Waals surface area contributed by atoms with E-state index in [1.807, 2.05) is 48.9 Å². The molecule has 0 unspecified atom stereocenters. The molecule has 6 heteroatoms. The van der Waals surface area contributed by atoms with Gasteiger partial charge in [0.05, 0.1) is 19.2 Å². The first-order valence-electron chi connectivity index (χ1n) is 11.4. The minimum absolute atomic E-state index is 0.0665. The predicted octanol–water partition coefficient (Wildman–Crippen LogP) is 6.21. The van der Waals surface area contributed by atoms with E-state index in [0.29, 0.717) is 11.5 Å². The molecule has 32 heavy (non-hydrogen) atoms. The summed E-state index contributed by atoms with van der Waals surface area (Å²) in [6.45, 7) is 4.24. The lowest BCUT2D eigenvalue weighted by Gasteiger charge is -2.12. The molecule has 0 bridgehead atoms. The highest BCUT2D eigenvalue weighted by molar-refractivity contribution is 7.09. The van der Waals surface area contributed by atoms with Crippen LogP contribution in [0.2, 0.25) is 0 Å². The van der Waals surface area contributed by atoms with Crippen LogP contribution < -0.4 is 14.8 Å². The Morgan fingerprint density at radius 1 is 1.19 bits per heavy atom. The first kappa shape index (κ1) is 25.7. The molecule has 1 aromatic carbocycles. The van der Waals surface area contributed by atoms with E-state index >= 15 is 0 Å². The summed E-state index contributed by atoms with van der Waals surface area (Å²) in [6.07, 6.45) is 14.6. The average molecular weight is 457 g/mol. The second-order valence-electron chi connectivity index (χ2n) is 7.81. The Hall–Kier alpha value is -2.60. The summed E-state index contributed by atoms with van der Waals surface area (Å²) in [5.74, 6) is 1.35. The minimum atomic E-state index is -0.0665. The van der Waals surface area contributed by atoms with E-state index in [-0.39, 0.29) is 11.9 Å². The number of nitrogens with one attached hydrogen (secondary N) is 1. The molecule has 0 saturated heterocycles. The SMILES string of the molecule is CCCCCC(=CC=CC(=O)N[C@H](C)CCCc1nccs1)c1ccc(OC)c(OC)c1. The molecule has 0 aliphatic heterocycles. The number of amides is 1. The highest BCUT2D eigenvalue weighted by Gasteiger charge is 2.09. The Kier molecular flexibility index (Phi) is 11.6. The lowest BCUT2D eigenvalue weighted by atomic mass is 9.98. The van der Waals surface area contributed by atoms with Crippen LogP contribution in [-0.4, -0.2) is 31.2 Å². The quantitative estimate of drug-likeness (QED) is 0.209. The Morgan fingerprint density at radius 3 is 2.69 bits per heavy atom. The fourth-order valence-electron chi connectivity index (χ4n) is 3.48. The molecule has 0 fully saturated rings. The summed E-state index contributed by atoms with van der Waals surface area (Å²) in [4.78, 5) is 16.6. The lowest BCUT2D eigenvalue weighted by Crippen LogP contribution is -2.31. The molecule has 1 amide bonds. The number of hydrogen-bond donors (Lipinski definition) is 1. The van der Waals surface area contributed by atoms with Crippen LogP contribution in [0.25, 0.3) is 5.57 Å². The first-order valence-corrected chi connectivity index (χ1v) is 12.2. The Labute approximate surface area is 196 Å². The van der Waals surface area contributed by atoms with Gasteiger partial charge in [0.15, 0.2) is 11.5 Å². The summed E-state index contributed by atoms with van der Waals surface area (Å²) in [7, 11) is 3.28. The molecule has 0 saturated carbocycles. The third kappa shape index (κ3) is 8.87. The number of ether oxygens (including phenoxy) is 2. The summed E-state index contributed by atoms with van der Waals surface area (Å²) in [6, 6.07) is 6.09. The number of allylic oxidation sites excluding steroid dienone is 3. The molecule has 1 atom stereocenters. The third-order valence-corrected chi connectivity index (χ3v) is 6.09. The molecule has 174 valence electrons. The molecule has 2 rings (SSSR count). The molecule has 1 aromatic heterocycles. The second-order valence-corrected chi connectivity index (χ2v) is 8.78. The number of benzene rings is 1. The van der Waals surface area contributed by atoms with Crippen LogP contribution in [0.15, 0.2) is 48.0 Å². The largest absolute Gasteiger partial charge is 0.493 e. The summed E-state index contributed by atoms with van der Waals surface area (Å²) in [5.41, 5.74) is 2.26. The van der Waals surface area contributed by atoms with Gasteiger partial charge in [0, 0.05) is 23.7 Å². The van der Waals surface area contributed by atoms with Crippen molar-refractivity contribution >= 4 is 22.8 Å². The zero-order chi connectivity index (χ0) is 23.2. The maximum atomic E-state index is 12.3. The van der Waals surface area contributed by atoms with Crippen LogP contribution in [0.5, 0.6) is 11.5 Å². The smallest absolute Gasteiger partial charge is 0.244 e. The molecule has 1 N–H and O–H groups in total. The van der Waals surface area contributed by atoms with Crippen molar-refractivity contribution in [1.82, 2.24) is 10.3 Å². The van der Waals surface area contributed by atoms with E-state index in [0.717, 1.165) is 49.1 Å². The number of rotatable bonds is 14. The van der Waals surface area contributed by atoms with Gasteiger partial charge in [-0.3, -0.25) is 4.79 Å². The van der Waals surface area contributed by atoms with Gasteiger partial charge in [-0.25, -0.2) is 4.98 Å². The normalized spacial score (nSPS) is 12.7. The average Bonchev–Trinajstić information content (AvgIpc) is 3.31. The van der Waals surface area contributed by atoms with Gasteiger partial charge in [-0.2, -0.15) is 0 Å². The lowest BCUT2D eigenvalue weighted by molar-refractivity contribution is -0.117. The van der Waals surface area contributed by atoms with Crippen molar-refractivity contribution in [3.05, 3.63) is 58.6 Å². The highest BCUT2D eigenvalue weighted by atomic mass is 32.1. The number of carbonyl (C=O) groups excluding carboxylic acids is 1. The predicted molar refractivity (Wildman–Crippen MR) is 133 cm³/mol. The molecule has 2 aromatic rings. The zero-order valence-electron chi connectivity index (χ0n) is 19.7. The van der Waals surface area contributed by atoms with E-state index in [9.17, 15) is 4.79 Å². The van der Waals surface area contributed by atoms with Crippen LogP contribution in [0.4, 0.5) is 0 Å². The van der Waals surface area contributed by atoms with Crippen LogP contribution in [0.3, 0.4) is 0 Å². The van der Waals surface area contributed by atoms with E-state index in [1.165, 1.54) is 12.0 Å². The number of aryl methyl sites for hydroxylation is 1. The van der Waals surface area contributed by atoms with E-state index in [4.69, 9.17) is 9.47 Å². The van der Waals surface area contributed by atoms with Crippen LogP contribution >= 0.6 is 11.3 Å². The highest BCUT2D eigenvalue weighted by Crippen LogP contribution is 2.32. The Morgan fingerprint density at radius 2 is 2.00 bits per heavy atom. The fourth-order valence-corrected chi connectivity index (χ4v) is 4.14. The molecule has 0 radical (unpaired) electrons. The Balaban J connectivity index is 1.96. The van der Waals surface area contributed by atoms with Crippen molar-refractivity contribution in [3.63, 3.8) is 0 Å². The van der Waals surface area contributed by atoms with Crippen molar-refractivity contribution in [1.29, 1.82) is 0 Å². The number of nitrogens with zero attached hydrogens (tertiary/aromatic N) is 1. The van der Waals surface area contributed by atoms with Crippen LogP contribution in [0.1, 0.15) is 62.9 Å². The van der Waals surface area contributed by atoms with Gasteiger partial charge in [0.2, 0.25) is 5.91 Å². The molecule has 5 nitrogen and oxygen atoms in total. The number of aromatic nitrogens is 1. The van der Waals surface area contributed by atoms with Gasteiger partial charge >= 0.3 is 0 Å². The molecule has 0 aliphatic carbocycles. The number of thiazole rings is 1. The Bertz CT molecular complexity index is 875. The summed E-state index contributed by atoms with van der Waals surface area (Å²) < 4.78 is 10.8. The number of unbranched alkanes of at least 4 members (excludes halogenated alkanes) is 2. The van der Waals surface area contributed by atoms with Crippen molar-refractivity contribution in [3.8, 4) is 11.5 Å². The first-order chi connectivity index (χ1) is 15.6. The fraction of sp³-hybridized carbons (Fsp3) is 0.462. The van der Waals surface area contributed by atoms with E-state index in [2.05, 4.69) is 17.2 Å². The molecule has 0 spiro atoms. The third-order valence-electron chi connectivity index (χ3n) is 5.25. The molecular formula is C26H36N2O3S. The van der Waals surface area contributed by atoms with E-state index in [1.54, 1.807) is 31.6 Å². The molecule has 0 aliphatic rings. The van der Waals surface area contributed by atoms with Crippen molar-refractivity contribution in [2.24, 2.45) is 0 Å². The van der Waals surface area contributed by atoms with Crippen molar-refractivity contribution in [2.75, 3.05) is 14.2 Å². The van der Waals surface area contributed by atoms with Crippen LogP contribution in [0, 0.1) is 0 Å². The van der Waals surface area contributed by atoms with Gasteiger partial charge < -0.3 is 14.8 Å². The molecule has 1 heterocycles. The maximum absolute atomic E-state index is 12.3. The maximum Gasteiger partial charge on any atom is 0.244 e. The number of carbonyl (C=O) groups is 1. The van der Waals surface area contributed by atoms with Gasteiger partial charge in [-0.15, -0.1) is 11.3 Å². The standard InChI is InChI=1S/C26H36N2O3S/c1-5-6-7-11-21(22-15-16-23(30-3)24(19-22)31-4)12-9-13-25(29)28-20(2)10-8-14-26-27-17-18-32-26/h9,12-13,15-20H,5-8,10-11,14H2,1-4H3,(H,28,29)/t20-/m1/s1. The topological polar surface area (TPSA) is 60.5 Å². The molecular weight excluding hydrogens is 420 g/mol.